The molecule has 0 aromatic heterocycles. The van der Waals surface area contributed by atoms with Crippen LogP contribution in [0.2, 0.25) is 0 Å². The number of ether oxygens (including phenoxy) is 1. The van der Waals surface area contributed by atoms with Crippen molar-refractivity contribution in [3.05, 3.63) is 0 Å². The summed E-state index contributed by atoms with van der Waals surface area (Å²) >= 11 is 0. The average molecular weight is 202 g/mol. The van der Waals surface area contributed by atoms with E-state index in [0.29, 0.717) is 19.7 Å². The molecular weight excluding hydrogens is 184 g/mol. The van der Waals surface area contributed by atoms with Gasteiger partial charge in [0.25, 0.3) is 0 Å². The highest BCUT2D eigenvalue weighted by molar-refractivity contribution is 5.68. The molecule has 0 radical (unpaired) electrons. The second-order valence-electron chi connectivity index (χ2n) is 4.00. The van der Waals surface area contributed by atoms with Gasteiger partial charge in [-0.15, -0.1) is 0 Å². The number of carbonyl (C=O) groups is 1. The summed E-state index contributed by atoms with van der Waals surface area (Å²) in [4.78, 5) is 12.9. The molecule has 0 bridgehead atoms. The lowest BCUT2D eigenvalue weighted by Gasteiger charge is -2.24. The third-order valence-electron chi connectivity index (χ3n) is 2.75. The molecule has 1 aliphatic heterocycles. The summed E-state index contributed by atoms with van der Waals surface area (Å²) in [6.45, 7) is 4.90. The quantitative estimate of drug-likeness (QED) is 0.649. The van der Waals surface area contributed by atoms with E-state index < -0.39 is 5.41 Å². The summed E-state index contributed by atoms with van der Waals surface area (Å²) in [5.74, 6) is 0. The van der Waals surface area contributed by atoms with Crippen LogP contribution in [-0.4, -0.2) is 48.4 Å². The summed E-state index contributed by atoms with van der Waals surface area (Å²) < 4.78 is 4.86. The van der Waals surface area contributed by atoms with E-state index in [-0.39, 0.29) is 18.7 Å². The average Bonchev–Trinajstić information content (AvgIpc) is 2.45. The van der Waals surface area contributed by atoms with E-state index in [1.54, 1.807) is 11.8 Å². The number of nitrogens with two attached hydrogens (primary N) is 1. The van der Waals surface area contributed by atoms with Gasteiger partial charge in [-0.3, -0.25) is 0 Å². The number of rotatable bonds is 2. The Balaban J connectivity index is 2.58. The van der Waals surface area contributed by atoms with Gasteiger partial charge in [0.1, 0.15) is 0 Å². The molecule has 5 nitrogen and oxygen atoms in total. The number of hydrogen-bond acceptors (Lipinski definition) is 4. The minimum Gasteiger partial charge on any atom is -0.450 e. The van der Waals surface area contributed by atoms with Crippen molar-refractivity contribution in [3.8, 4) is 0 Å². The first-order valence-electron chi connectivity index (χ1n) is 4.81. The molecule has 1 rings (SSSR count). The van der Waals surface area contributed by atoms with Gasteiger partial charge < -0.3 is 20.5 Å². The van der Waals surface area contributed by atoms with Crippen LogP contribution in [0.1, 0.15) is 13.8 Å². The molecule has 1 aliphatic rings. The lowest BCUT2D eigenvalue weighted by Crippen LogP contribution is -2.40. The molecule has 1 heterocycles. The van der Waals surface area contributed by atoms with Crippen molar-refractivity contribution in [2.75, 3.05) is 26.3 Å². The van der Waals surface area contributed by atoms with Gasteiger partial charge in [0, 0.05) is 24.5 Å². The minimum absolute atomic E-state index is 0.00985. The summed E-state index contributed by atoms with van der Waals surface area (Å²) in [5.41, 5.74) is 5.44. The second kappa shape index (κ2) is 4.14. The molecule has 0 spiro atoms. The fourth-order valence-electron chi connectivity index (χ4n) is 1.60. The molecule has 0 aromatic rings. The van der Waals surface area contributed by atoms with Crippen LogP contribution in [0.5, 0.6) is 0 Å². The highest BCUT2D eigenvalue weighted by Gasteiger charge is 2.42. The van der Waals surface area contributed by atoms with Crippen LogP contribution in [-0.2, 0) is 4.74 Å². The van der Waals surface area contributed by atoms with Crippen LogP contribution in [0.4, 0.5) is 4.79 Å². The van der Waals surface area contributed by atoms with Crippen molar-refractivity contribution in [2.24, 2.45) is 11.1 Å². The second-order valence-corrected chi connectivity index (χ2v) is 4.00. The van der Waals surface area contributed by atoms with Crippen molar-refractivity contribution in [2.45, 2.75) is 19.9 Å². The normalized spacial score (nSPS) is 32.0. The van der Waals surface area contributed by atoms with Crippen LogP contribution in [0, 0.1) is 5.41 Å². The third-order valence-corrected chi connectivity index (χ3v) is 2.75. The Kier molecular flexibility index (Phi) is 3.34. The van der Waals surface area contributed by atoms with Crippen molar-refractivity contribution in [1.29, 1.82) is 0 Å². The number of carbonyl (C=O) groups excluding carboxylic acids is 1. The Bertz CT molecular complexity index is 222. The minimum atomic E-state index is -0.396. The molecule has 82 valence electrons. The number of amides is 1. The molecule has 0 aromatic carbocycles. The highest BCUT2D eigenvalue weighted by Crippen LogP contribution is 2.28. The van der Waals surface area contributed by atoms with E-state index in [0.717, 1.165) is 0 Å². The predicted octanol–water partition coefficient (Wildman–Crippen LogP) is -0.216. The van der Waals surface area contributed by atoms with Crippen LogP contribution < -0.4 is 5.73 Å². The molecule has 1 amide bonds. The van der Waals surface area contributed by atoms with E-state index >= 15 is 0 Å². The zero-order valence-corrected chi connectivity index (χ0v) is 8.69. The van der Waals surface area contributed by atoms with Gasteiger partial charge in [0.15, 0.2) is 0 Å². The standard InChI is InChI=1S/C9H18N2O3/c1-3-14-8(13)11-4-7(10)9(2,5-11)6-12/h7,12H,3-6,10H2,1-2H3. The lowest BCUT2D eigenvalue weighted by molar-refractivity contribution is 0.102. The van der Waals surface area contributed by atoms with E-state index in [2.05, 4.69) is 0 Å². The number of likely N-dealkylation sites (tertiary alicyclic amines) is 1. The van der Waals surface area contributed by atoms with Gasteiger partial charge in [0.2, 0.25) is 0 Å². The smallest absolute Gasteiger partial charge is 0.409 e. The number of nitrogens with zero attached hydrogens (tertiary/aromatic N) is 1. The topological polar surface area (TPSA) is 75.8 Å². The maximum Gasteiger partial charge on any atom is 0.409 e. The van der Waals surface area contributed by atoms with Crippen molar-refractivity contribution in [1.82, 2.24) is 4.90 Å². The Labute approximate surface area is 83.8 Å². The first-order valence-corrected chi connectivity index (χ1v) is 4.81. The van der Waals surface area contributed by atoms with E-state index in [9.17, 15) is 4.79 Å². The van der Waals surface area contributed by atoms with Crippen LogP contribution in [0.25, 0.3) is 0 Å². The third kappa shape index (κ3) is 1.99. The van der Waals surface area contributed by atoms with E-state index in [4.69, 9.17) is 15.6 Å². The Morgan fingerprint density at radius 3 is 2.86 bits per heavy atom. The van der Waals surface area contributed by atoms with E-state index in [1.807, 2.05) is 6.92 Å². The fourth-order valence-corrected chi connectivity index (χ4v) is 1.60. The van der Waals surface area contributed by atoms with Gasteiger partial charge in [-0.05, 0) is 6.92 Å². The van der Waals surface area contributed by atoms with Gasteiger partial charge in [-0.1, -0.05) is 6.92 Å². The molecule has 1 fully saturated rings. The molecular formula is C9H18N2O3. The predicted molar refractivity (Wildman–Crippen MR) is 51.8 cm³/mol. The summed E-state index contributed by atoms with van der Waals surface area (Å²) in [6.07, 6.45) is -0.347. The number of hydrogen-bond donors (Lipinski definition) is 2. The first-order chi connectivity index (χ1) is 6.53. The number of aliphatic hydroxyl groups excluding tert-OH is 1. The van der Waals surface area contributed by atoms with Crippen molar-refractivity contribution in [3.63, 3.8) is 0 Å². The molecule has 2 unspecified atom stereocenters. The lowest BCUT2D eigenvalue weighted by atomic mass is 9.87. The molecule has 0 saturated carbocycles. The Morgan fingerprint density at radius 1 is 1.79 bits per heavy atom. The summed E-state index contributed by atoms with van der Waals surface area (Å²) in [5, 5.41) is 9.17. The van der Waals surface area contributed by atoms with Crippen LogP contribution >= 0.6 is 0 Å². The molecule has 3 N–H and O–H groups in total. The van der Waals surface area contributed by atoms with Crippen LogP contribution in [0.3, 0.4) is 0 Å². The van der Waals surface area contributed by atoms with Crippen LogP contribution in [0.15, 0.2) is 0 Å². The highest BCUT2D eigenvalue weighted by atomic mass is 16.6. The maximum absolute atomic E-state index is 11.4. The Hall–Kier alpha value is -0.810. The zero-order valence-electron chi connectivity index (χ0n) is 8.69. The fraction of sp³-hybridized carbons (Fsp3) is 0.889. The van der Waals surface area contributed by atoms with Crippen molar-refractivity contribution < 1.29 is 14.6 Å². The SMILES string of the molecule is CCOC(=O)N1CC(N)C(C)(CO)C1. The molecule has 2 atom stereocenters. The molecule has 14 heavy (non-hydrogen) atoms. The molecule has 1 saturated heterocycles. The summed E-state index contributed by atoms with van der Waals surface area (Å²) in [6, 6.07) is -0.183. The van der Waals surface area contributed by atoms with Gasteiger partial charge in [0.05, 0.1) is 13.2 Å². The zero-order chi connectivity index (χ0) is 10.8. The van der Waals surface area contributed by atoms with Crippen molar-refractivity contribution >= 4 is 6.09 Å². The van der Waals surface area contributed by atoms with Gasteiger partial charge in [-0.2, -0.15) is 0 Å². The monoisotopic (exact) mass is 202 g/mol. The Morgan fingerprint density at radius 2 is 2.43 bits per heavy atom. The van der Waals surface area contributed by atoms with E-state index in [1.165, 1.54) is 0 Å². The van der Waals surface area contributed by atoms with Gasteiger partial charge >= 0.3 is 6.09 Å². The van der Waals surface area contributed by atoms with Gasteiger partial charge in [-0.25, -0.2) is 4.79 Å². The summed E-state index contributed by atoms with van der Waals surface area (Å²) in [7, 11) is 0. The largest absolute Gasteiger partial charge is 0.450 e. The molecule has 0 aliphatic carbocycles. The molecule has 5 heteroatoms. The first kappa shape index (κ1) is 11.3. The number of aliphatic hydroxyl groups is 1. The maximum atomic E-state index is 11.4.